The normalized spacial score (nSPS) is 14.5. The summed E-state index contributed by atoms with van der Waals surface area (Å²) in [5.41, 5.74) is 6.83. The van der Waals surface area contributed by atoms with E-state index in [1.807, 2.05) is 6.07 Å². The summed E-state index contributed by atoms with van der Waals surface area (Å²) in [6.45, 7) is 0.731. The van der Waals surface area contributed by atoms with Crippen LogP contribution in [-0.4, -0.2) is 12.5 Å². The zero-order chi connectivity index (χ0) is 9.26. The van der Waals surface area contributed by atoms with Crippen molar-refractivity contribution in [3.8, 4) is 5.75 Å². The number of hydrogen-bond donors (Lipinski definition) is 1. The van der Waals surface area contributed by atoms with E-state index in [1.165, 1.54) is 0 Å². The van der Waals surface area contributed by atoms with E-state index in [4.69, 9.17) is 10.5 Å². The lowest BCUT2D eigenvalue weighted by molar-refractivity contribution is 0.0999. The van der Waals surface area contributed by atoms with E-state index in [0.29, 0.717) is 5.56 Å². The summed E-state index contributed by atoms with van der Waals surface area (Å²) >= 11 is 0. The van der Waals surface area contributed by atoms with Gasteiger partial charge in [-0.2, -0.15) is 0 Å². The highest BCUT2D eigenvalue weighted by molar-refractivity contribution is 5.93. The van der Waals surface area contributed by atoms with Gasteiger partial charge in [0.15, 0.2) is 0 Å². The predicted octanol–water partition coefficient (Wildman–Crippen LogP) is 1.11. The summed E-state index contributed by atoms with van der Waals surface area (Å²) in [5, 5.41) is 0. The van der Waals surface area contributed by atoms with Crippen LogP contribution in [0.15, 0.2) is 18.2 Å². The number of carbonyl (C=O) groups is 1. The first kappa shape index (κ1) is 8.10. The summed E-state index contributed by atoms with van der Waals surface area (Å²) in [6, 6.07) is 5.38. The van der Waals surface area contributed by atoms with Crippen LogP contribution < -0.4 is 10.5 Å². The van der Waals surface area contributed by atoms with Crippen LogP contribution in [-0.2, 0) is 6.42 Å². The fourth-order valence-corrected chi connectivity index (χ4v) is 1.49. The summed E-state index contributed by atoms with van der Waals surface area (Å²) in [6.07, 6.45) is 2.07. The molecule has 0 unspecified atom stereocenters. The van der Waals surface area contributed by atoms with Crippen molar-refractivity contribution in [1.29, 1.82) is 0 Å². The van der Waals surface area contributed by atoms with Crippen LogP contribution >= 0.6 is 0 Å². The molecule has 1 aliphatic heterocycles. The number of ether oxygens (including phenoxy) is 1. The number of aryl methyl sites for hydroxylation is 1. The van der Waals surface area contributed by atoms with Crippen molar-refractivity contribution in [2.75, 3.05) is 6.61 Å². The van der Waals surface area contributed by atoms with Gasteiger partial charge in [0.2, 0.25) is 5.91 Å². The highest BCUT2D eigenvalue weighted by atomic mass is 16.5. The highest BCUT2D eigenvalue weighted by Crippen LogP contribution is 2.25. The van der Waals surface area contributed by atoms with E-state index in [9.17, 15) is 4.79 Å². The van der Waals surface area contributed by atoms with Gasteiger partial charge in [-0.3, -0.25) is 4.79 Å². The first-order chi connectivity index (χ1) is 6.27. The van der Waals surface area contributed by atoms with Crippen LogP contribution in [0.25, 0.3) is 0 Å². The Kier molecular flexibility index (Phi) is 1.93. The predicted molar refractivity (Wildman–Crippen MR) is 48.8 cm³/mol. The minimum Gasteiger partial charge on any atom is -0.493 e. The smallest absolute Gasteiger partial charge is 0.248 e. The molecule has 0 fully saturated rings. The van der Waals surface area contributed by atoms with E-state index in [0.717, 1.165) is 30.8 Å². The number of fused-ring (bicyclic) bond motifs is 1. The molecule has 0 saturated carbocycles. The standard InChI is InChI=1S/C10H11NO2/c11-10(12)8-4-3-7-2-1-5-13-9(7)6-8/h3-4,6H,1-2,5H2,(H2,11,12). The van der Waals surface area contributed by atoms with Crippen LogP contribution in [0.3, 0.4) is 0 Å². The molecule has 0 spiro atoms. The average Bonchev–Trinajstić information content (AvgIpc) is 2.17. The van der Waals surface area contributed by atoms with Crippen LogP contribution in [0.2, 0.25) is 0 Å². The molecule has 1 aliphatic rings. The largest absolute Gasteiger partial charge is 0.493 e. The summed E-state index contributed by atoms with van der Waals surface area (Å²) in [7, 11) is 0. The molecule has 3 nitrogen and oxygen atoms in total. The van der Waals surface area contributed by atoms with Crippen molar-refractivity contribution in [1.82, 2.24) is 0 Å². The Morgan fingerprint density at radius 3 is 3.08 bits per heavy atom. The van der Waals surface area contributed by atoms with Crippen molar-refractivity contribution in [3.63, 3.8) is 0 Å². The Morgan fingerprint density at radius 1 is 1.46 bits per heavy atom. The van der Waals surface area contributed by atoms with Gasteiger partial charge in [0.05, 0.1) is 6.61 Å². The molecular weight excluding hydrogens is 166 g/mol. The summed E-state index contributed by atoms with van der Waals surface area (Å²) in [5.74, 6) is 0.402. The van der Waals surface area contributed by atoms with Crippen molar-refractivity contribution in [3.05, 3.63) is 29.3 Å². The molecular formula is C10H11NO2. The number of benzene rings is 1. The Hall–Kier alpha value is -1.51. The molecule has 1 amide bonds. The van der Waals surface area contributed by atoms with Gasteiger partial charge < -0.3 is 10.5 Å². The molecule has 1 aromatic rings. The Morgan fingerprint density at radius 2 is 2.31 bits per heavy atom. The molecule has 0 radical (unpaired) electrons. The lowest BCUT2D eigenvalue weighted by atomic mass is 10.0. The minimum atomic E-state index is -0.406. The first-order valence-electron chi connectivity index (χ1n) is 4.33. The topological polar surface area (TPSA) is 52.3 Å². The second-order valence-electron chi connectivity index (χ2n) is 3.14. The van der Waals surface area contributed by atoms with E-state index >= 15 is 0 Å². The number of amides is 1. The molecule has 0 bridgehead atoms. The second-order valence-corrected chi connectivity index (χ2v) is 3.14. The molecule has 13 heavy (non-hydrogen) atoms. The fourth-order valence-electron chi connectivity index (χ4n) is 1.49. The van der Waals surface area contributed by atoms with Gasteiger partial charge >= 0.3 is 0 Å². The summed E-state index contributed by atoms with van der Waals surface area (Å²) < 4.78 is 5.41. The zero-order valence-corrected chi connectivity index (χ0v) is 7.25. The maximum Gasteiger partial charge on any atom is 0.248 e. The lowest BCUT2D eigenvalue weighted by Gasteiger charge is -2.17. The highest BCUT2D eigenvalue weighted by Gasteiger charge is 2.11. The number of nitrogens with two attached hydrogens (primary N) is 1. The third-order valence-electron chi connectivity index (χ3n) is 2.20. The monoisotopic (exact) mass is 177 g/mol. The van der Waals surface area contributed by atoms with Crippen LogP contribution in [0.4, 0.5) is 0 Å². The zero-order valence-electron chi connectivity index (χ0n) is 7.25. The van der Waals surface area contributed by atoms with E-state index in [2.05, 4.69) is 0 Å². The summed E-state index contributed by atoms with van der Waals surface area (Å²) in [4.78, 5) is 10.9. The number of hydrogen-bond acceptors (Lipinski definition) is 2. The van der Waals surface area contributed by atoms with Crippen LogP contribution in [0, 0.1) is 0 Å². The molecule has 2 rings (SSSR count). The maximum atomic E-state index is 10.9. The maximum absolute atomic E-state index is 10.9. The van der Waals surface area contributed by atoms with Crippen LogP contribution in [0.5, 0.6) is 5.75 Å². The van der Waals surface area contributed by atoms with Crippen molar-refractivity contribution in [2.24, 2.45) is 5.73 Å². The number of carbonyl (C=O) groups excluding carboxylic acids is 1. The van der Waals surface area contributed by atoms with Gasteiger partial charge in [-0.15, -0.1) is 0 Å². The van der Waals surface area contributed by atoms with E-state index in [1.54, 1.807) is 12.1 Å². The SMILES string of the molecule is NC(=O)c1ccc2c(c1)OCCC2. The fraction of sp³-hybridized carbons (Fsp3) is 0.300. The molecule has 0 aromatic heterocycles. The molecule has 0 aliphatic carbocycles. The van der Waals surface area contributed by atoms with Gasteiger partial charge in [-0.25, -0.2) is 0 Å². The van der Waals surface area contributed by atoms with Crippen LogP contribution in [0.1, 0.15) is 22.3 Å². The number of primary amides is 1. The lowest BCUT2D eigenvalue weighted by Crippen LogP contribution is -2.13. The van der Waals surface area contributed by atoms with E-state index in [-0.39, 0.29) is 0 Å². The third-order valence-corrected chi connectivity index (χ3v) is 2.20. The Balaban J connectivity index is 2.40. The van der Waals surface area contributed by atoms with Crippen molar-refractivity contribution < 1.29 is 9.53 Å². The van der Waals surface area contributed by atoms with Gasteiger partial charge in [0, 0.05) is 5.56 Å². The van der Waals surface area contributed by atoms with Gasteiger partial charge in [0.25, 0.3) is 0 Å². The quantitative estimate of drug-likeness (QED) is 0.698. The van der Waals surface area contributed by atoms with Gasteiger partial charge in [-0.1, -0.05) is 6.07 Å². The van der Waals surface area contributed by atoms with Gasteiger partial charge in [-0.05, 0) is 30.5 Å². The molecule has 0 atom stereocenters. The van der Waals surface area contributed by atoms with E-state index < -0.39 is 5.91 Å². The third kappa shape index (κ3) is 1.49. The molecule has 0 saturated heterocycles. The van der Waals surface area contributed by atoms with Gasteiger partial charge in [0.1, 0.15) is 5.75 Å². The molecule has 2 N–H and O–H groups in total. The molecule has 3 heteroatoms. The Labute approximate surface area is 76.5 Å². The van der Waals surface area contributed by atoms with Crippen molar-refractivity contribution >= 4 is 5.91 Å². The average molecular weight is 177 g/mol. The Bertz CT molecular complexity index is 347. The second kappa shape index (κ2) is 3.09. The number of rotatable bonds is 1. The van der Waals surface area contributed by atoms with Crippen molar-refractivity contribution in [2.45, 2.75) is 12.8 Å². The first-order valence-corrected chi connectivity index (χ1v) is 4.33. The minimum absolute atomic E-state index is 0.406. The molecule has 68 valence electrons. The molecule has 1 aromatic carbocycles. The molecule has 1 heterocycles.